The van der Waals surface area contributed by atoms with Crippen molar-refractivity contribution in [3.05, 3.63) is 72.8 Å². The van der Waals surface area contributed by atoms with Crippen molar-refractivity contribution in [2.75, 3.05) is 5.75 Å². The largest absolute Gasteiger partial charge is 0.349 e. The van der Waals surface area contributed by atoms with Crippen molar-refractivity contribution in [3.8, 4) is 0 Å². The molecule has 0 fully saturated rings. The van der Waals surface area contributed by atoms with E-state index < -0.39 is 0 Å². The van der Waals surface area contributed by atoms with E-state index in [1.165, 1.54) is 11.8 Å². The predicted octanol–water partition coefficient (Wildman–Crippen LogP) is 4.14. The summed E-state index contributed by atoms with van der Waals surface area (Å²) in [6.45, 7) is 6.44. The van der Waals surface area contributed by atoms with E-state index in [0.717, 1.165) is 27.6 Å². The number of allylic oxidation sites excluding steroid dienone is 1. The van der Waals surface area contributed by atoms with E-state index in [-0.39, 0.29) is 17.7 Å². The molecule has 4 aromatic rings. The van der Waals surface area contributed by atoms with Gasteiger partial charge in [0, 0.05) is 11.9 Å². The highest BCUT2D eigenvalue weighted by atomic mass is 32.2. The second-order valence-corrected chi connectivity index (χ2v) is 7.61. The van der Waals surface area contributed by atoms with Gasteiger partial charge in [-0.1, -0.05) is 66.4 Å². The zero-order valence-corrected chi connectivity index (χ0v) is 16.9. The summed E-state index contributed by atoms with van der Waals surface area (Å²) in [5, 5.41) is 13.1. The van der Waals surface area contributed by atoms with Crippen molar-refractivity contribution in [1.29, 1.82) is 0 Å². The second-order valence-electron chi connectivity index (χ2n) is 6.67. The van der Waals surface area contributed by atoms with Gasteiger partial charge in [0.15, 0.2) is 5.65 Å². The van der Waals surface area contributed by atoms with Crippen LogP contribution in [0, 0.1) is 0 Å². The summed E-state index contributed by atoms with van der Waals surface area (Å²) in [7, 11) is 0. The molecule has 0 unspecified atom stereocenters. The first-order valence-electron chi connectivity index (χ1n) is 9.37. The Balaban J connectivity index is 1.51. The lowest BCUT2D eigenvalue weighted by Crippen LogP contribution is -2.28. The van der Waals surface area contributed by atoms with Gasteiger partial charge in [0.1, 0.15) is 5.52 Å². The minimum Gasteiger partial charge on any atom is -0.349 e. The second kappa shape index (κ2) is 8.45. The van der Waals surface area contributed by atoms with Gasteiger partial charge in [-0.25, -0.2) is 4.98 Å². The number of aromatic nitrogens is 4. The normalized spacial score (nSPS) is 12.2. The van der Waals surface area contributed by atoms with Crippen LogP contribution in [-0.2, 0) is 11.3 Å². The van der Waals surface area contributed by atoms with Gasteiger partial charge in [-0.05, 0) is 18.6 Å². The van der Waals surface area contributed by atoms with Crippen molar-refractivity contribution >= 4 is 39.7 Å². The molecule has 0 saturated carbocycles. The Hall–Kier alpha value is -3.19. The molecule has 2 aromatic heterocycles. The maximum atomic E-state index is 12.3. The Bertz CT molecular complexity index is 1170. The molecule has 0 bridgehead atoms. The number of hydrogen-bond donors (Lipinski definition) is 1. The van der Waals surface area contributed by atoms with Crippen molar-refractivity contribution in [2.24, 2.45) is 0 Å². The average molecular weight is 404 g/mol. The van der Waals surface area contributed by atoms with Gasteiger partial charge in [0.2, 0.25) is 11.1 Å². The van der Waals surface area contributed by atoms with Crippen LogP contribution in [0.1, 0.15) is 18.5 Å². The maximum Gasteiger partial charge on any atom is 0.230 e. The Morgan fingerprint density at radius 2 is 1.93 bits per heavy atom. The number of benzene rings is 2. The van der Waals surface area contributed by atoms with E-state index in [2.05, 4.69) is 31.6 Å². The molecule has 2 aromatic carbocycles. The quantitative estimate of drug-likeness (QED) is 0.371. The van der Waals surface area contributed by atoms with Crippen LogP contribution in [0.3, 0.4) is 0 Å². The van der Waals surface area contributed by atoms with E-state index in [1.54, 1.807) is 0 Å². The Morgan fingerprint density at radius 3 is 2.72 bits per heavy atom. The smallest absolute Gasteiger partial charge is 0.230 e. The van der Waals surface area contributed by atoms with E-state index >= 15 is 0 Å². The fourth-order valence-corrected chi connectivity index (χ4v) is 3.90. The van der Waals surface area contributed by atoms with E-state index in [0.29, 0.717) is 11.7 Å². The molecule has 2 heterocycles. The summed E-state index contributed by atoms with van der Waals surface area (Å²) >= 11 is 1.28. The molecular formula is C22H21N5OS. The third kappa shape index (κ3) is 4.00. The number of nitrogens with zero attached hydrogens (tertiary/aromatic N) is 4. The lowest BCUT2D eigenvalue weighted by molar-refractivity contribution is -0.119. The molecule has 0 radical (unpaired) electrons. The molecule has 0 saturated heterocycles. The zero-order chi connectivity index (χ0) is 20.2. The molecule has 0 aliphatic carbocycles. The molecule has 6 nitrogen and oxygen atoms in total. The first kappa shape index (κ1) is 19.1. The summed E-state index contributed by atoms with van der Waals surface area (Å²) in [4.78, 5) is 17.0. The number of carbonyl (C=O) groups excluding carboxylic acids is 1. The first-order valence-corrected chi connectivity index (χ1v) is 10.4. The predicted molar refractivity (Wildman–Crippen MR) is 117 cm³/mol. The van der Waals surface area contributed by atoms with E-state index in [4.69, 9.17) is 0 Å². The van der Waals surface area contributed by atoms with Crippen LogP contribution in [0.2, 0.25) is 0 Å². The third-order valence-corrected chi connectivity index (χ3v) is 5.51. The van der Waals surface area contributed by atoms with Crippen molar-refractivity contribution in [1.82, 2.24) is 25.1 Å². The van der Waals surface area contributed by atoms with Gasteiger partial charge in [-0.2, -0.15) is 0 Å². The lowest BCUT2D eigenvalue weighted by Gasteiger charge is -2.13. The third-order valence-electron chi connectivity index (χ3n) is 4.68. The van der Waals surface area contributed by atoms with Gasteiger partial charge in [0.05, 0.1) is 17.3 Å². The molecule has 1 amide bonds. The summed E-state index contributed by atoms with van der Waals surface area (Å²) in [5.41, 5.74) is 3.62. The standard InChI is InChI=1S/C22H21N5OS/c1-3-13-27-18-12-8-7-11-17(18)20-21(27)24-22(26-25-20)29-14-19(28)23-15(2)16-9-5-4-6-10-16/h3-12,15H,1,13-14H2,2H3,(H,23,28)/t15-/m1/s1. The summed E-state index contributed by atoms with van der Waals surface area (Å²) in [6.07, 6.45) is 1.83. The molecule has 29 heavy (non-hydrogen) atoms. The van der Waals surface area contributed by atoms with Crippen LogP contribution in [0.4, 0.5) is 0 Å². The zero-order valence-electron chi connectivity index (χ0n) is 16.1. The average Bonchev–Trinajstić information content (AvgIpc) is 3.06. The Morgan fingerprint density at radius 1 is 1.17 bits per heavy atom. The van der Waals surface area contributed by atoms with Crippen LogP contribution in [0.15, 0.2) is 72.4 Å². The number of carbonyl (C=O) groups is 1. The van der Waals surface area contributed by atoms with Crippen molar-refractivity contribution in [2.45, 2.75) is 24.7 Å². The van der Waals surface area contributed by atoms with Crippen LogP contribution >= 0.6 is 11.8 Å². The molecule has 0 aliphatic heterocycles. The molecule has 0 spiro atoms. The molecule has 7 heteroatoms. The molecule has 146 valence electrons. The summed E-state index contributed by atoms with van der Waals surface area (Å²) in [5.74, 6) is 0.160. The first-order chi connectivity index (χ1) is 14.2. The summed E-state index contributed by atoms with van der Waals surface area (Å²) < 4.78 is 2.06. The number of thioether (sulfide) groups is 1. The highest BCUT2D eigenvalue weighted by molar-refractivity contribution is 7.99. The van der Waals surface area contributed by atoms with Crippen LogP contribution in [0.25, 0.3) is 22.1 Å². The maximum absolute atomic E-state index is 12.3. The topological polar surface area (TPSA) is 72.7 Å². The number of para-hydroxylation sites is 1. The highest BCUT2D eigenvalue weighted by Gasteiger charge is 2.15. The van der Waals surface area contributed by atoms with Crippen LogP contribution in [0.5, 0.6) is 0 Å². The number of nitrogens with one attached hydrogen (secondary N) is 1. The van der Waals surface area contributed by atoms with E-state index in [1.807, 2.05) is 67.6 Å². The number of fused-ring (bicyclic) bond motifs is 3. The molecule has 1 N–H and O–H groups in total. The molecule has 4 rings (SSSR count). The Labute approximate surface area is 173 Å². The van der Waals surface area contributed by atoms with Crippen LogP contribution in [-0.4, -0.2) is 31.4 Å². The molecule has 1 atom stereocenters. The fraction of sp³-hybridized carbons (Fsp3) is 0.182. The number of amides is 1. The minimum absolute atomic E-state index is 0.0547. The fourth-order valence-electron chi connectivity index (χ4n) is 3.30. The minimum atomic E-state index is -0.0679. The van der Waals surface area contributed by atoms with Crippen LogP contribution < -0.4 is 5.32 Å². The van der Waals surface area contributed by atoms with E-state index in [9.17, 15) is 4.79 Å². The number of hydrogen-bond acceptors (Lipinski definition) is 5. The van der Waals surface area contributed by atoms with Gasteiger partial charge < -0.3 is 9.88 Å². The summed E-state index contributed by atoms with van der Waals surface area (Å²) in [6, 6.07) is 17.8. The molecular weight excluding hydrogens is 382 g/mol. The molecule has 0 aliphatic rings. The highest BCUT2D eigenvalue weighted by Crippen LogP contribution is 2.27. The van der Waals surface area contributed by atoms with Crippen molar-refractivity contribution in [3.63, 3.8) is 0 Å². The van der Waals surface area contributed by atoms with Gasteiger partial charge >= 0.3 is 0 Å². The number of rotatable bonds is 7. The van der Waals surface area contributed by atoms with Gasteiger partial charge in [-0.15, -0.1) is 16.8 Å². The van der Waals surface area contributed by atoms with Crippen molar-refractivity contribution < 1.29 is 4.79 Å². The SMILES string of the molecule is C=CCn1c2ccccc2c2nnc(SCC(=O)N[C@H](C)c3ccccc3)nc21. The monoisotopic (exact) mass is 403 g/mol. The lowest BCUT2D eigenvalue weighted by atomic mass is 10.1. The van der Waals surface area contributed by atoms with Gasteiger partial charge in [-0.3, -0.25) is 4.79 Å². The van der Waals surface area contributed by atoms with Gasteiger partial charge in [0.25, 0.3) is 0 Å². The Kier molecular flexibility index (Phi) is 5.57.